The summed E-state index contributed by atoms with van der Waals surface area (Å²) in [6.07, 6.45) is 4.82. The second-order valence-corrected chi connectivity index (χ2v) is 8.95. The van der Waals surface area contributed by atoms with Gasteiger partial charge in [0.05, 0.1) is 5.69 Å². The van der Waals surface area contributed by atoms with E-state index in [9.17, 15) is 4.39 Å². The van der Waals surface area contributed by atoms with Gasteiger partial charge in [-0.3, -0.25) is 0 Å². The molecule has 2 aromatic carbocycles. The van der Waals surface area contributed by atoms with Crippen LogP contribution in [-0.2, 0) is 6.54 Å². The van der Waals surface area contributed by atoms with Crippen molar-refractivity contribution in [1.82, 2.24) is 19.7 Å². The van der Waals surface area contributed by atoms with E-state index in [1.165, 1.54) is 30.9 Å². The normalized spacial score (nSPS) is 14.1. The molecule has 4 rings (SSSR count). The average Bonchev–Trinajstić information content (AvgIpc) is 3.10. The predicted molar refractivity (Wildman–Crippen MR) is 125 cm³/mol. The van der Waals surface area contributed by atoms with Gasteiger partial charge in [0.25, 0.3) is 0 Å². The summed E-state index contributed by atoms with van der Waals surface area (Å²) < 4.78 is 16.6. The van der Waals surface area contributed by atoms with Gasteiger partial charge in [0.1, 0.15) is 5.82 Å². The van der Waals surface area contributed by atoms with Crippen molar-refractivity contribution >= 4 is 5.69 Å². The van der Waals surface area contributed by atoms with Crippen molar-refractivity contribution in [2.45, 2.75) is 38.1 Å². The Hall–Kier alpha value is -2.73. The first-order chi connectivity index (χ1) is 14.9. The molecule has 0 aliphatic heterocycles. The first-order valence-electron chi connectivity index (χ1n) is 11.1. The zero-order chi connectivity index (χ0) is 22.0. The fourth-order valence-corrected chi connectivity index (χ4v) is 4.05. The molecule has 6 heteroatoms. The highest BCUT2D eigenvalue weighted by molar-refractivity contribution is 5.65. The highest BCUT2D eigenvalue weighted by Crippen LogP contribution is 2.37. The van der Waals surface area contributed by atoms with E-state index in [0.717, 1.165) is 30.9 Å². The topological polar surface area (TPSA) is 37.2 Å². The van der Waals surface area contributed by atoms with Gasteiger partial charge in [0.2, 0.25) is 0 Å². The maximum absolute atomic E-state index is 14.6. The number of hydrogen-bond donors (Lipinski definition) is 0. The summed E-state index contributed by atoms with van der Waals surface area (Å²) in [6, 6.07) is 13.9. The second kappa shape index (κ2) is 9.18. The number of anilines is 1. The molecule has 0 atom stereocenters. The monoisotopic (exact) mass is 421 g/mol. The van der Waals surface area contributed by atoms with Crippen molar-refractivity contribution in [2.24, 2.45) is 0 Å². The third kappa shape index (κ3) is 4.79. The predicted octanol–water partition coefficient (Wildman–Crippen LogP) is 5.04. The minimum Gasteiger partial charge on any atom is -0.375 e. The molecule has 0 amide bonds. The van der Waals surface area contributed by atoms with Gasteiger partial charge in [-0.25, -0.2) is 14.1 Å². The Kier molecular flexibility index (Phi) is 6.37. The summed E-state index contributed by atoms with van der Waals surface area (Å²) >= 11 is 0. The molecule has 0 unspecified atom stereocenters. The molecule has 0 bridgehead atoms. The molecule has 0 spiro atoms. The minimum atomic E-state index is -0.264. The molecule has 1 heterocycles. The lowest BCUT2D eigenvalue weighted by Gasteiger charge is -2.26. The van der Waals surface area contributed by atoms with Crippen LogP contribution < -0.4 is 4.90 Å². The van der Waals surface area contributed by atoms with Crippen molar-refractivity contribution in [3.05, 3.63) is 53.8 Å². The van der Waals surface area contributed by atoms with E-state index >= 15 is 0 Å². The largest absolute Gasteiger partial charge is 0.375 e. The van der Waals surface area contributed by atoms with E-state index in [2.05, 4.69) is 43.3 Å². The molecule has 1 aliphatic rings. The fourth-order valence-electron chi connectivity index (χ4n) is 4.05. The summed E-state index contributed by atoms with van der Waals surface area (Å²) in [7, 11) is 7.82. The number of halogens is 1. The number of rotatable bonds is 8. The Bertz CT molecular complexity index is 1040. The summed E-state index contributed by atoms with van der Waals surface area (Å²) in [5.74, 6) is 1.82. The molecular formula is C25H32FN5. The molecule has 3 aromatic rings. The zero-order valence-corrected chi connectivity index (χ0v) is 19.0. The van der Waals surface area contributed by atoms with Gasteiger partial charge >= 0.3 is 0 Å². The number of aryl methyl sites for hydroxylation is 1. The quantitative estimate of drug-likeness (QED) is 0.511. The lowest BCUT2D eigenvalue weighted by molar-refractivity contribution is 0.381. The van der Waals surface area contributed by atoms with Crippen LogP contribution in [0.25, 0.3) is 22.8 Å². The Morgan fingerprint density at radius 1 is 1.03 bits per heavy atom. The smallest absolute Gasteiger partial charge is 0.181 e. The van der Waals surface area contributed by atoms with Crippen molar-refractivity contribution in [3.8, 4) is 22.8 Å². The Labute approximate surface area is 184 Å². The highest BCUT2D eigenvalue weighted by Gasteiger charge is 2.21. The molecule has 1 fully saturated rings. The van der Waals surface area contributed by atoms with Crippen LogP contribution in [0.4, 0.5) is 10.1 Å². The first kappa shape index (κ1) is 21.5. The van der Waals surface area contributed by atoms with Crippen LogP contribution in [0.5, 0.6) is 0 Å². The van der Waals surface area contributed by atoms with Crippen molar-refractivity contribution in [2.75, 3.05) is 39.6 Å². The molecule has 1 aliphatic carbocycles. The standard InChI is InChI=1S/C25H32FN5/c1-29(2)14-7-15-31-25(21-11-6-10-19(16-21)18-8-5-9-18)27-24(28-31)20-12-13-23(30(3)4)22(26)17-20/h6,10-13,16-18H,5,7-9,14-15H2,1-4H3. The number of hydrogen-bond acceptors (Lipinski definition) is 4. The van der Waals surface area contributed by atoms with Gasteiger partial charge in [-0.05, 0) is 75.6 Å². The van der Waals surface area contributed by atoms with Crippen LogP contribution in [0.1, 0.15) is 37.2 Å². The Balaban J connectivity index is 1.70. The minimum absolute atomic E-state index is 0.264. The third-order valence-electron chi connectivity index (χ3n) is 6.06. The SMILES string of the molecule is CN(C)CCCn1nc(-c2ccc(N(C)C)c(F)c2)nc1-c1cccc(C2CCC2)c1. The molecule has 0 N–H and O–H groups in total. The molecule has 0 radical (unpaired) electrons. The molecule has 5 nitrogen and oxygen atoms in total. The maximum Gasteiger partial charge on any atom is 0.181 e. The van der Waals surface area contributed by atoms with Crippen LogP contribution in [-0.4, -0.2) is 54.4 Å². The van der Waals surface area contributed by atoms with Gasteiger partial charge in [-0.15, -0.1) is 0 Å². The van der Waals surface area contributed by atoms with Crippen LogP contribution in [0.15, 0.2) is 42.5 Å². The lowest BCUT2D eigenvalue weighted by atomic mass is 9.80. The Morgan fingerprint density at radius 3 is 2.48 bits per heavy atom. The number of nitrogens with zero attached hydrogens (tertiary/aromatic N) is 5. The summed E-state index contributed by atoms with van der Waals surface area (Å²) in [4.78, 5) is 8.80. The van der Waals surface area contributed by atoms with Gasteiger partial charge in [-0.2, -0.15) is 5.10 Å². The van der Waals surface area contributed by atoms with E-state index in [0.29, 0.717) is 23.0 Å². The van der Waals surface area contributed by atoms with Crippen molar-refractivity contribution in [1.29, 1.82) is 0 Å². The van der Waals surface area contributed by atoms with Crippen LogP contribution >= 0.6 is 0 Å². The molecular weight excluding hydrogens is 389 g/mol. The van der Waals surface area contributed by atoms with E-state index in [-0.39, 0.29) is 5.82 Å². The van der Waals surface area contributed by atoms with Crippen LogP contribution in [0.2, 0.25) is 0 Å². The molecule has 0 saturated heterocycles. The average molecular weight is 422 g/mol. The van der Waals surface area contributed by atoms with Crippen LogP contribution in [0.3, 0.4) is 0 Å². The summed E-state index contributed by atoms with van der Waals surface area (Å²) in [5.41, 5.74) is 3.72. The van der Waals surface area contributed by atoms with Gasteiger partial charge in [0, 0.05) is 31.8 Å². The van der Waals surface area contributed by atoms with E-state index < -0.39 is 0 Å². The molecule has 1 aromatic heterocycles. The molecule has 1 saturated carbocycles. The fraction of sp³-hybridized carbons (Fsp3) is 0.440. The maximum atomic E-state index is 14.6. The van der Waals surface area contributed by atoms with Crippen molar-refractivity contribution in [3.63, 3.8) is 0 Å². The Morgan fingerprint density at radius 2 is 1.84 bits per heavy atom. The first-order valence-corrected chi connectivity index (χ1v) is 11.1. The second-order valence-electron chi connectivity index (χ2n) is 8.95. The van der Waals surface area contributed by atoms with E-state index in [1.807, 2.05) is 24.8 Å². The van der Waals surface area contributed by atoms with Crippen LogP contribution in [0, 0.1) is 5.82 Å². The van der Waals surface area contributed by atoms with Crippen molar-refractivity contribution < 1.29 is 4.39 Å². The number of benzene rings is 2. The van der Waals surface area contributed by atoms with Gasteiger partial charge < -0.3 is 9.80 Å². The molecule has 164 valence electrons. The lowest BCUT2D eigenvalue weighted by Crippen LogP contribution is -2.16. The highest BCUT2D eigenvalue weighted by atomic mass is 19.1. The third-order valence-corrected chi connectivity index (χ3v) is 6.06. The van der Waals surface area contributed by atoms with E-state index in [1.54, 1.807) is 11.0 Å². The number of aromatic nitrogens is 3. The van der Waals surface area contributed by atoms with Gasteiger partial charge in [-0.1, -0.05) is 24.6 Å². The molecule has 31 heavy (non-hydrogen) atoms. The summed E-state index contributed by atoms with van der Waals surface area (Å²) in [5, 5.41) is 4.78. The van der Waals surface area contributed by atoms with E-state index in [4.69, 9.17) is 10.1 Å². The van der Waals surface area contributed by atoms with Gasteiger partial charge in [0.15, 0.2) is 11.6 Å². The summed E-state index contributed by atoms with van der Waals surface area (Å²) in [6.45, 7) is 1.75. The zero-order valence-electron chi connectivity index (χ0n) is 19.0.